The maximum absolute atomic E-state index is 11.9. The van der Waals surface area contributed by atoms with Crippen LogP contribution in [0.3, 0.4) is 0 Å². The Hall–Kier alpha value is -1.06. The van der Waals surface area contributed by atoms with Gasteiger partial charge in [0.2, 0.25) is 5.91 Å². The lowest BCUT2D eigenvalue weighted by Crippen LogP contribution is -2.40. The van der Waals surface area contributed by atoms with Crippen molar-refractivity contribution in [1.82, 2.24) is 5.32 Å². The molecule has 0 rings (SSSR count). The highest BCUT2D eigenvalue weighted by Crippen LogP contribution is 2.13. The molecule has 0 saturated carbocycles. The third-order valence-corrected chi connectivity index (χ3v) is 5.09. The van der Waals surface area contributed by atoms with E-state index < -0.39 is 6.04 Å². The van der Waals surface area contributed by atoms with E-state index in [0.717, 1.165) is 12.8 Å². The maximum atomic E-state index is 11.9. The van der Waals surface area contributed by atoms with E-state index in [0.29, 0.717) is 6.42 Å². The largest absolute Gasteiger partial charge is 0.461 e. The lowest BCUT2D eigenvalue weighted by Gasteiger charge is -2.15. The normalized spacial score (nSPS) is 12.2. The average molecular weight is 398 g/mol. The first kappa shape index (κ1) is 26.9. The third kappa shape index (κ3) is 18.3. The highest BCUT2D eigenvalue weighted by Gasteiger charge is 2.17. The summed E-state index contributed by atoms with van der Waals surface area (Å²) in [6, 6.07) is -0.564. The summed E-state index contributed by atoms with van der Waals surface area (Å²) in [5, 5.41) is 2.72. The number of carbonyl (C=O) groups excluding carboxylic acids is 2. The van der Waals surface area contributed by atoms with Crippen LogP contribution in [0.4, 0.5) is 0 Å². The van der Waals surface area contributed by atoms with Crippen molar-refractivity contribution in [1.29, 1.82) is 0 Å². The molecule has 0 saturated heterocycles. The van der Waals surface area contributed by atoms with Gasteiger partial charge in [0.1, 0.15) is 6.04 Å². The van der Waals surface area contributed by atoms with E-state index in [1.807, 2.05) is 13.8 Å². The van der Waals surface area contributed by atoms with Crippen LogP contribution in [-0.4, -0.2) is 24.0 Å². The van der Waals surface area contributed by atoms with Crippen molar-refractivity contribution in [3.05, 3.63) is 0 Å². The van der Waals surface area contributed by atoms with Crippen LogP contribution in [0.1, 0.15) is 130 Å². The van der Waals surface area contributed by atoms with E-state index in [9.17, 15) is 9.59 Å². The predicted molar refractivity (Wildman–Crippen MR) is 118 cm³/mol. The van der Waals surface area contributed by atoms with E-state index >= 15 is 0 Å². The maximum Gasteiger partial charge on any atom is 0.328 e. The number of carbonyl (C=O) groups is 2. The molecule has 0 spiro atoms. The van der Waals surface area contributed by atoms with Crippen molar-refractivity contribution < 1.29 is 14.3 Å². The molecule has 1 amide bonds. The molecule has 0 unspecified atom stereocenters. The molecular weight excluding hydrogens is 350 g/mol. The zero-order valence-electron chi connectivity index (χ0n) is 19.2. The van der Waals surface area contributed by atoms with Gasteiger partial charge in [0, 0.05) is 6.42 Å². The molecule has 0 aromatic rings. The molecule has 4 nitrogen and oxygen atoms in total. The van der Waals surface area contributed by atoms with E-state index in [2.05, 4.69) is 12.2 Å². The van der Waals surface area contributed by atoms with Crippen molar-refractivity contribution in [2.75, 3.05) is 0 Å². The third-order valence-electron chi connectivity index (χ3n) is 5.09. The highest BCUT2D eigenvalue weighted by molar-refractivity contribution is 5.84. The van der Waals surface area contributed by atoms with Crippen LogP contribution >= 0.6 is 0 Å². The molecular formula is C24H47NO3. The first-order valence-electron chi connectivity index (χ1n) is 12.0. The number of hydrogen-bond acceptors (Lipinski definition) is 3. The fraction of sp³-hybridized carbons (Fsp3) is 0.917. The van der Waals surface area contributed by atoms with Gasteiger partial charge < -0.3 is 10.1 Å². The predicted octanol–water partition coefficient (Wildman–Crippen LogP) is 6.70. The topological polar surface area (TPSA) is 55.4 Å². The Morgan fingerprint density at radius 3 is 1.46 bits per heavy atom. The number of amides is 1. The van der Waals surface area contributed by atoms with Crippen LogP contribution in [0.2, 0.25) is 0 Å². The van der Waals surface area contributed by atoms with E-state index in [1.54, 1.807) is 6.92 Å². The van der Waals surface area contributed by atoms with Crippen molar-refractivity contribution in [2.45, 2.75) is 143 Å². The van der Waals surface area contributed by atoms with Crippen LogP contribution < -0.4 is 5.32 Å². The number of rotatable bonds is 19. The monoisotopic (exact) mass is 397 g/mol. The minimum atomic E-state index is -0.564. The molecule has 0 aliphatic rings. The number of unbranched alkanes of at least 4 members (excludes halogenated alkanes) is 14. The Labute approximate surface area is 174 Å². The van der Waals surface area contributed by atoms with Crippen LogP contribution in [0.15, 0.2) is 0 Å². The fourth-order valence-electron chi connectivity index (χ4n) is 3.36. The van der Waals surface area contributed by atoms with E-state index in [4.69, 9.17) is 4.74 Å². The molecule has 166 valence electrons. The van der Waals surface area contributed by atoms with E-state index in [-0.39, 0.29) is 18.0 Å². The summed E-state index contributed by atoms with van der Waals surface area (Å²) in [5.74, 6) is -0.414. The Balaban J connectivity index is 3.34. The van der Waals surface area contributed by atoms with Gasteiger partial charge in [-0.2, -0.15) is 0 Å². The van der Waals surface area contributed by atoms with Gasteiger partial charge in [0.05, 0.1) is 6.10 Å². The Morgan fingerprint density at radius 1 is 0.679 bits per heavy atom. The number of hydrogen-bond donors (Lipinski definition) is 1. The highest BCUT2D eigenvalue weighted by atomic mass is 16.5. The molecule has 1 atom stereocenters. The molecule has 0 aliphatic heterocycles. The van der Waals surface area contributed by atoms with Crippen LogP contribution in [0.25, 0.3) is 0 Å². The van der Waals surface area contributed by atoms with Gasteiger partial charge in [-0.15, -0.1) is 0 Å². The van der Waals surface area contributed by atoms with Gasteiger partial charge in [0.15, 0.2) is 0 Å². The second-order valence-electron chi connectivity index (χ2n) is 8.47. The van der Waals surface area contributed by atoms with Crippen molar-refractivity contribution in [2.24, 2.45) is 0 Å². The number of esters is 1. The van der Waals surface area contributed by atoms with Gasteiger partial charge in [-0.25, -0.2) is 4.79 Å². The molecule has 0 bridgehead atoms. The second-order valence-corrected chi connectivity index (χ2v) is 8.47. The standard InChI is InChI=1S/C24H47NO3/c1-5-6-7-8-9-10-11-12-13-14-15-16-17-18-19-20-23(26)25-22(4)24(27)28-21(2)3/h21-22H,5-20H2,1-4H3,(H,25,26)/t22-/m0/s1. The summed E-state index contributed by atoms with van der Waals surface area (Å²) >= 11 is 0. The Bertz CT molecular complexity index is 382. The zero-order valence-corrected chi connectivity index (χ0v) is 19.2. The van der Waals surface area contributed by atoms with Gasteiger partial charge in [-0.05, 0) is 27.2 Å². The summed E-state index contributed by atoms with van der Waals surface area (Å²) < 4.78 is 5.09. The summed E-state index contributed by atoms with van der Waals surface area (Å²) in [6.45, 7) is 7.56. The number of nitrogens with one attached hydrogen (secondary N) is 1. The molecule has 0 heterocycles. The molecule has 0 aromatic heterocycles. The summed E-state index contributed by atoms with van der Waals surface area (Å²) in [4.78, 5) is 23.5. The number of ether oxygens (including phenoxy) is 1. The van der Waals surface area contributed by atoms with Crippen molar-refractivity contribution in [3.63, 3.8) is 0 Å². The molecule has 0 radical (unpaired) electrons. The second kappa shape index (κ2) is 19.3. The average Bonchev–Trinajstić information content (AvgIpc) is 2.64. The van der Waals surface area contributed by atoms with Crippen LogP contribution in [0.5, 0.6) is 0 Å². The lowest BCUT2D eigenvalue weighted by molar-refractivity contribution is -0.150. The molecule has 28 heavy (non-hydrogen) atoms. The summed E-state index contributed by atoms with van der Waals surface area (Å²) in [5.41, 5.74) is 0. The Kier molecular flexibility index (Phi) is 18.5. The molecule has 0 aliphatic carbocycles. The SMILES string of the molecule is CCCCCCCCCCCCCCCCCC(=O)N[C@@H](C)C(=O)OC(C)C. The summed E-state index contributed by atoms with van der Waals surface area (Å²) in [6.07, 6.45) is 20.1. The Morgan fingerprint density at radius 2 is 1.07 bits per heavy atom. The quantitative estimate of drug-likeness (QED) is 0.195. The zero-order chi connectivity index (χ0) is 21.0. The van der Waals surface area contributed by atoms with Crippen molar-refractivity contribution in [3.8, 4) is 0 Å². The van der Waals surface area contributed by atoms with Gasteiger partial charge in [-0.3, -0.25) is 4.79 Å². The van der Waals surface area contributed by atoms with Gasteiger partial charge in [-0.1, -0.05) is 96.8 Å². The van der Waals surface area contributed by atoms with Gasteiger partial charge in [0.25, 0.3) is 0 Å². The molecule has 4 heteroatoms. The fourth-order valence-corrected chi connectivity index (χ4v) is 3.36. The lowest BCUT2D eigenvalue weighted by atomic mass is 10.0. The first-order valence-corrected chi connectivity index (χ1v) is 12.0. The van der Waals surface area contributed by atoms with Crippen LogP contribution in [-0.2, 0) is 14.3 Å². The van der Waals surface area contributed by atoms with Gasteiger partial charge >= 0.3 is 5.97 Å². The first-order chi connectivity index (χ1) is 13.5. The minimum absolute atomic E-state index is 0.0529. The van der Waals surface area contributed by atoms with Crippen LogP contribution in [0, 0.1) is 0 Å². The summed E-state index contributed by atoms with van der Waals surface area (Å²) in [7, 11) is 0. The molecule has 0 aromatic carbocycles. The molecule has 0 fully saturated rings. The molecule has 1 N–H and O–H groups in total. The van der Waals surface area contributed by atoms with E-state index in [1.165, 1.54) is 83.5 Å². The van der Waals surface area contributed by atoms with Crippen molar-refractivity contribution >= 4 is 11.9 Å². The smallest absolute Gasteiger partial charge is 0.328 e. The minimum Gasteiger partial charge on any atom is -0.461 e.